The Hall–Kier alpha value is -1.61. The summed E-state index contributed by atoms with van der Waals surface area (Å²) in [6.45, 7) is 0. The van der Waals surface area contributed by atoms with Crippen molar-refractivity contribution >= 4 is 16.0 Å². The molecule has 9 heteroatoms. The molecule has 0 saturated heterocycles. The predicted molar refractivity (Wildman–Crippen MR) is 82.1 cm³/mol. The summed E-state index contributed by atoms with van der Waals surface area (Å²) in [7, 11) is -2.90. The van der Waals surface area contributed by atoms with Crippen molar-refractivity contribution in [1.82, 2.24) is 4.31 Å². The maximum Gasteiger partial charge on any atom is 0.416 e. The molecule has 1 atom stereocenters. The number of alkyl halides is 3. The van der Waals surface area contributed by atoms with Crippen LogP contribution < -0.4 is 0 Å². The van der Waals surface area contributed by atoms with Crippen LogP contribution >= 0.6 is 0 Å². The van der Waals surface area contributed by atoms with Crippen molar-refractivity contribution in [3.8, 4) is 0 Å². The molecule has 0 spiro atoms. The first-order chi connectivity index (χ1) is 11.7. The topological polar surface area (TPSA) is 63.7 Å². The zero-order valence-corrected chi connectivity index (χ0v) is 14.4. The largest absolute Gasteiger partial charge is 0.469 e. The van der Waals surface area contributed by atoms with Crippen LogP contribution in [0.25, 0.3) is 0 Å². The number of carbonyl (C=O) groups is 1. The molecular formula is C16H18F3NO4S. The van der Waals surface area contributed by atoms with Crippen LogP contribution in [0.4, 0.5) is 13.2 Å². The van der Waals surface area contributed by atoms with Crippen LogP contribution in [-0.2, 0) is 25.7 Å². The number of esters is 1. The van der Waals surface area contributed by atoms with Crippen LogP contribution in [-0.4, -0.2) is 31.8 Å². The van der Waals surface area contributed by atoms with Crippen molar-refractivity contribution in [2.45, 2.75) is 55.3 Å². The highest BCUT2D eigenvalue weighted by Gasteiger charge is 2.48. The summed E-state index contributed by atoms with van der Waals surface area (Å²) in [5.41, 5.74) is -0.787. The van der Waals surface area contributed by atoms with Crippen LogP contribution in [0.3, 0.4) is 0 Å². The lowest BCUT2D eigenvalue weighted by molar-refractivity contribution is -0.142. The van der Waals surface area contributed by atoms with E-state index >= 15 is 0 Å². The number of hydrogen-bond donors (Lipinski definition) is 0. The summed E-state index contributed by atoms with van der Waals surface area (Å²) in [5.74, 6) is -0.601. The van der Waals surface area contributed by atoms with Crippen LogP contribution in [0.2, 0.25) is 0 Å². The molecule has 1 saturated carbocycles. The van der Waals surface area contributed by atoms with Crippen LogP contribution in [0, 0.1) is 0 Å². The molecule has 1 fully saturated rings. The maximum atomic E-state index is 13.0. The zero-order chi connectivity index (χ0) is 18.4. The molecule has 0 unspecified atom stereocenters. The number of fused-ring (bicyclic) bond motifs is 1. The van der Waals surface area contributed by atoms with E-state index in [0.29, 0.717) is 18.9 Å². The molecule has 0 N–H and O–H groups in total. The third kappa shape index (κ3) is 3.15. The Morgan fingerprint density at radius 3 is 2.48 bits per heavy atom. The maximum absolute atomic E-state index is 13.0. The molecule has 1 aromatic rings. The van der Waals surface area contributed by atoms with E-state index in [9.17, 15) is 26.4 Å². The highest BCUT2D eigenvalue weighted by Crippen LogP contribution is 2.47. The molecule has 5 nitrogen and oxygen atoms in total. The van der Waals surface area contributed by atoms with Gasteiger partial charge >= 0.3 is 12.1 Å². The third-order valence-corrected chi connectivity index (χ3v) is 6.85. The average Bonchev–Trinajstić information content (AvgIpc) is 3.12. The molecule has 0 aromatic heterocycles. The quantitative estimate of drug-likeness (QED) is 0.759. The van der Waals surface area contributed by atoms with Gasteiger partial charge in [0.05, 0.1) is 30.0 Å². The van der Waals surface area contributed by atoms with Crippen molar-refractivity contribution < 1.29 is 31.1 Å². The summed E-state index contributed by atoms with van der Waals surface area (Å²) in [4.78, 5) is 11.4. The van der Waals surface area contributed by atoms with Crippen molar-refractivity contribution in [1.29, 1.82) is 0 Å². The lowest BCUT2D eigenvalue weighted by Gasteiger charge is -2.28. The van der Waals surface area contributed by atoms with Gasteiger partial charge in [-0.1, -0.05) is 18.9 Å². The van der Waals surface area contributed by atoms with Crippen molar-refractivity contribution in [2.75, 3.05) is 7.11 Å². The smallest absolute Gasteiger partial charge is 0.416 e. The minimum atomic E-state index is -4.64. The van der Waals surface area contributed by atoms with E-state index in [-0.39, 0.29) is 22.9 Å². The molecule has 0 amide bonds. The Morgan fingerprint density at radius 1 is 1.28 bits per heavy atom. The lowest BCUT2D eigenvalue weighted by atomic mass is 10.0. The monoisotopic (exact) mass is 377 g/mol. The summed E-state index contributed by atoms with van der Waals surface area (Å²) in [6, 6.07) is 1.57. The summed E-state index contributed by atoms with van der Waals surface area (Å²) < 4.78 is 70.7. The van der Waals surface area contributed by atoms with Gasteiger partial charge in [0, 0.05) is 6.04 Å². The van der Waals surface area contributed by atoms with E-state index < -0.39 is 33.8 Å². The third-order valence-electron chi connectivity index (χ3n) is 4.83. The number of carbonyl (C=O) groups excluding carboxylic acids is 1. The van der Waals surface area contributed by atoms with Gasteiger partial charge in [-0.2, -0.15) is 17.5 Å². The van der Waals surface area contributed by atoms with Crippen LogP contribution in [0.5, 0.6) is 0 Å². The van der Waals surface area contributed by atoms with Gasteiger partial charge in [0.25, 0.3) is 0 Å². The number of nitrogens with zero attached hydrogens (tertiary/aromatic N) is 1. The van der Waals surface area contributed by atoms with Gasteiger partial charge in [-0.05, 0) is 30.5 Å². The van der Waals surface area contributed by atoms with Gasteiger partial charge in [-0.15, -0.1) is 0 Å². The molecule has 1 aromatic carbocycles. The zero-order valence-electron chi connectivity index (χ0n) is 13.5. The van der Waals surface area contributed by atoms with Crippen molar-refractivity contribution in [3.05, 3.63) is 29.3 Å². The molecule has 1 aliphatic heterocycles. The predicted octanol–water partition coefficient (Wildman–Crippen LogP) is 3.26. The first-order valence-electron chi connectivity index (χ1n) is 7.97. The van der Waals surface area contributed by atoms with Crippen molar-refractivity contribution in [2.24, 2.45) is 0 Å². The second kappa shape index (κ2) is 6.28. The van der Waals surface area contributed by atoms with Gasteiger partial charge in [0.15, 0.2) is 0 Å². The highest BCUT2D eigenvalue weighted by molar-refractivity contribution is 7.89. The molecule has 1 aliphatic carbocycles. The van der Waals surface area contributed by atoms with E-state index in [0.717, 1.165) is 25.0 Å². The fourth-order valence-corrected chi connectivity index (χ4v) is 5.81. The van der Waals surface area contributed by atoms with Crippen LogP contribution in [0.15, 0.2) is 23.1 Å². The minimum absolute atomic E-state index is 0.218. The molecule has 0 radical (unpaired) electrons. The molecule has 1 heterocycles. The summed E-state index contributed by atoms with van der Waals surface area (Å²) in [6.07, 6.45) is -1.88. The lowest BCUT2D eigenvalue weighted by Crippen LogP contribution is -2.37. The Balaban J connectivity index is 2.11. The number of ether oxygens (including phenoxy) is 1. The molecule has 2 aliphatic rings. The molecule has 0 bridgehead atoms. The highest BCUT2D eigenvalue weighted by atomic mass is 32.2. The fourth-order valence-electron chi connectivity index (χ4n) is 3.68. The molecule has 138 valence electrons. The van der Waals surface area contributed by atoms with E-state index in [1.165, 1.54) is 11.4 Å². The van der Waals surface area contributed by atoms with Gasteiger partial charge < -0.3 is 4.74 Å². The minimum Gasteiger partial charge on any atom is -0.469 e. The number of hydrogen-bond acceptors (Lipinski definition) is 4. The first-order valence-corrected chi connectivity index (χ1v) is 9.41. The second-order valence-corrected chi connectivity index (χ2v) is 8.13. The van der Waals surface area contributed by atoms with Gasteiger partial charge in [0.1, 0.15) is 0 Å². The van der Waals surface area contributed by atoms with E-state index in [4.69, 9.17) is 0 Å². The Morgan fingerprint density at radius 2 is 1.92 bits per heavy atom. The second-order valence-electron chi connectivity index (χ2n) is 6.32. The normalized spacial score (nSPS) is 23.6. The molecule has 3 rings (SSSR count). The average molecular weight is 377 g/mol. The molecule has 25 heavy (non-hydrogen) atoms. The number of benzene rings is 1. The fraction of sp³-hybridized carbons (Fsp3) is 0.562. The number of halogens is 3. The number of methoxy groups -OCH3 is 1. The van der Waals surface area contributed by atoms with Gasteiger partial charge in [-0.3, -0.25) is 4.79 Å². The van der Waals surface area contributed by atoms with Gasteiger partial charge in [-0.25, -0.2) is 8.42 Å². The Labute approximate surface area is 143 Å². The van der Waals surface area contributed by atoms with E-state index in [1.54, 1.807) is 0 Å². The molecular weight excluding hydrogens is 359 g/mol. The SMILES string of the molecule is COC(=O)C[C@H]1c2ccc(C(F)(F)F)cc2S(=O)(=O)N1C1CCCC1. The standard InChI is InChI=1S/C16H18F3NO4S/c1-24-15(21)9-13-12-7-6-10(16(17,18)19)8-14(12)25(22,23)20(13)11-4-2-3-5-11/h6-8,11,13H,2-5,9H2,1H3/t13-/m0/s1. The summed E-state index contributed by atoms with van der Waals surface area (Å²) in [5, 5.41) is 0. The van der Waals surface area contributed by atoms with E-state index in [2.05, 4.69) is 4.74 Å². The number of sulfonamides is 1. The Kier molecular flexibility index (Phi) is 4.57. The van der Waals surface area contributed by atoms with Gasteiger partial charge in [0.2, 0.25) is 10.0 Å². The van der Waals surface area contributed by atoms with Crippen molar-refractivity contribution in [3.63, 3.8) is 0 Å². The summed E-state index contributed by atoms with van der Waals surface area (Å²) >= 11 is 0. The first kappa shape index (κ1) is 18.2. The number of rotatable bonds is 3. The van der Waals surface area contributed by atoms with Crippen LogP contribution in [0.1, 0.15) is 49.3 Å². The van der Waals surface area contributed by atoms with E-state index in [1.807, 2.05) is 0 Å². The Bertz CT molecular complexity index is 785.